The van der Waals surface area contributed by atoms with Crippen LogP contribution in [0.2, 0.25) is 0 Å². The summed E-state index contributed by atoms with van der Waals surface area (Å²) in [6.45, 7) is 12.0. The van der Waals surface area contributed by atoms with Crippen LogP contribution in [-0.4, -0.2) is 43.3 Å². The number of alkyl halides is 1. The Morgan fingerprint density at radius 3 is 2.44 bits per heavy atom. The summed E-state index contributed by atoms with van der Waals surface area (Å²) < 4.78 is 12.4. The van der Waals surface area contributed by atoms with Gasteiger partial charge < -0.3 is 5.32 Å². The first kappa shape index (κ1) is 15.9. The summed E-state index contributed by atoms with van der Waals surface area (Å²) >= 11 is 0. The van der Waals surface area contributed by atoms with Crippen LogP contribution in [0.5, 0.6) is 0 Å². The van der Waals surface area contributed by atoms with Crippen molar-refractivity contribution in [2.24, 2.45) is 11.8 Å². The van der Waals surface area contributed by atoms with Gasteiger partial charge in [-0.15, -0.1) is 0 Å². The summed E-state index contributed by atoms with van der Waals surface area (Å²) in [6.07, 6.45) is 3.09. The maximum atomic E-state index is 12.4. The molecule has 1 aliphatic rings. The van der Waals surface area contributed by atoms with E-state index in [1.807, 2.05) is 0 Å². The molecule has 0 aromatic rings. The van der Waals surface area contributed by atoms with Gasteiger partial charge in [0.05, 0.1) is 6.67 Å². The van der Waals surface area contributed by atoms with Gasteiger partial charge in [-0.1, -0.05) is 40.5 Å². The Labute approximate surface area is 112 Å². The topological polar surface area (TPSA) is 15.3 Å². The number of nitrogens with one attached hydrogen (secondary N) is 1. The third-order valence-corrected chi connectivity index (χ3v) is 4.70. The Kier molecular flexibility index (Phi) is 7.16. The van der Waals surface area contributed by atoms with Gasteiger partial charge in [0.15, 0.2) is 0 Å². The molecule has 4 atom stereocenters. The highest BCUT2D eigenvalue weighted by atomic mass is 19.1. The molecule has 0 aromatic heterocycles. The minimum absolute atomic E-state index is 0.189. The summed E-state index contributed by atoms with van der Waals surface area (Å²) in [5, 5.41) is 3.71. The molecule has 3 heteroatoms. The largest absolute Gasteiger partial charge is 0.311 e. The fourth-order valence-corrected chi connectivity index (χ4v) is 2.87. The summed E-state index contributed by atoms with van der Waals surface area (Å²) in [6, 6.07) is 1.16. The molecule has 0 spiro atoms. The zero-order valence-corrected chi connectivity index (χ0v) is 12.6. The second-order valence-corrected chi connectivity index (χ2v) is 5.89. The SMILES string of the molecule is CCC(C)C1CN(CCCF)C(C(C)CC)CN1. The van der Waals surface area contributed by atoms with Crippen molar-refractivity contribution in [3.63, 3.8) is 0 Å². The Morgan fingerprint density at radius 1 is 1.22 bits per heavy atom. The smallest absolute Gasteiger partial charge is 0.0906 e. The number of hydrogen-bond donors (Lipinski definition) is 1. The molecule has 0 aliphatic carbocycles. The second kappa shape index (κ2) is 8.11. The fraction of sp³-hybridized carbons (Fsp3) is 1.00. The fourth-order valence-electron chi connectivity index (χ4n) is 2.87. The first-order chi connectivity index (χ1) is 8.63. The van der Waals surface area contributed by atoms with Crippen molar-refractivity contribution >= 4 is 0 Å². The molecule has 1 aliphatic heterocycles. The number of piperazine rings is 1. The van der Waals surface area contributed by atoms with Gasteiger partial charge in [0.25, 0.3) is 0 Å². The van der Waals surface area contributed by atoms with Crippen molar-refractivity contribution in [3.8, 4) is 0 Å². The predicted molar refractivity (Wildman–Crippen MR) is 76.7 cm³/mol. The zero-order chi connectivity index (χ0) is 13.5. The molecule has 18 heavy (non-hydrogen) atoms. The van der Waals surface area contributed by atoms with Crippen LogP contribution in [0.4, 0.5) is 4.39 Å². The van der Waals surface area contributed by atoms with Gasteiger partial charge >= 0.3 is 0 Å². The van der Waals surface area contributed by atoms with E-state index in [2.05, 4.69) is 37.9 Å². The van der Waals surface area contributed by atoms with Crippen molar-refractivity contribution in [1.82, 2.24) is 10.2 Å². The van der Waals surface area contributed by atoms with Crippen LogP contribution >= 0.6 is 0 Å². The molecule has 0 radical (unpaired) electrons. The lowest BCUT2D eigenvalue weighted by atomic mass is 9.90. The molecule has 0 bridgehead atoms. The highest BCUT2D eigenvalue weighted by Gasteiger charge is 2.31. The van der Waals surface area contributed by atoms with Crippen molar-refractivity contribution in [3.05, 3.63) is 0 Å². The summed E-state index contributed by atoms with van der Waals surface area (Å²) in [5.41, 5.74) is 0. The molecule has 1 fully saturated rings. The van der Waals surface area contributed by atoms with E-state index in [0.717, 1.165) is 19.6 Å². The van der Waals surface area contributed by atoms with Crippen molar-refractivity contribution in [2.75, 3.05) is 26.3 Å². The van der Waals surface area contributed by atoms with Crippen LogP contribution in [0, 0.1) is 11.8 Å². The summed E-state index contributed by atoms with van der Waals surface area (Å²) in [7, 11) is 0. The third-order valence-electron chi connectivity index (χ3n) is 4.70. The van der Waals surface area contributed by atoms with E-state index in [1.54, 1.807) is 0 Å². The lowest BCUT2D eigenvalue weighted by Gasteiger charge is -2.44. The monoisotopic (exact) mass is 258 g/mol. The molecule has 0 aromatic carbocycles. The van der Waals surface area contributed by atoms with Crippen LogP contribution in [-0.2, 0) is 0 Å². The van der Waals surface area contributed by atoms with Crippen molar-refractivity contribution in [1.29, 1.82) is 0 Å². The first-order valence-corrected chi connectivity index (χ1v) is 7.67. The average molecular weight is 258 g/mol. The maximum Gasteiger partial charge on any atom is 0.0906 e. The van der Waals surface area contributed by atoms with Gasteiger partial charge in [-0.25, -0.2) is 0 Å². The Bertz CT molecular complexity index is 223. The minimum atomic E-state index is -0.189. The van der Waals surface area contributed by atoms with Crippen LogP contribution in [0.15, 0.2) is 0 Å². The standard InChI is InChI=1S/C15H31FN2/c1-5-12(3)14-11-18(9-7-8-16)15(10-17-14)13(4)6-2/h12-15,17H,5-11H2,1-4H3. The Hall–Kier alpha value is -0.150. The summed E-state index contributed by atoms with van der Waals surface area (Å²) in [5.74, 6) is 1.39. The van der Waals surface area contributed by atoms with Gasteiger partial charge in [0.1, 0.15) is 0 Å². The number of halogens is 1. The maximum absolute atomic E-state index is 12.4. The molecule has 1 N–H and O–H groups in total. The van der Waals surface area contributed by atoms with E-state index >= 15 is 0 Å². The molecule has 1 saturated heterocycles. The van der Waals surface area contributed by atoms with Crippen LogP contribution in [0.25, 0.3) is 0 Å². The second-order valence-electron chi connectivity index (χ2n) is 5.89. The molecular formula is C15H31FN2. The number of rotatable bonds is 7. The van der Waals surface area contributed by atoms with Gasteiger partial charge in [-0.2, -0.15) is 0 Å². The summed E-state index contributed by atoms with van der Waals surface area (Å²) in [4.78, 5) is 2.53. The van der Waals surface area contributed by atoms with Crippen LogP contribution in [0.3, 0.4) is 0 Å². The minimum Gasteiger partial charge on any atom is -0.311 e. The lowest BCUT2D eigenvalue weighted by molar-refractivity contribution is 0.0732. The molecule has 1 rings (SSSR count). The van der Waals surface area contributed by atoms with Crippen molar-refractivity contribution in [2.45, 2.75) is 59.0 Å². The molecule has 0 amide bonds. The van der Waals surface area contributed by atoms with Crippen LogP contribution < -0.4 is 5.32 Å². The normalized spacial score (nSPS) is 29.2. The van der Waals surface area contributed by atoms with E-state index in [9.17, 15) is 4.39 Å². The van der Waals surface area contributed by atoms with E-state index in [0.29, 0.717) is 30.3 Å². The molecular weight excluding hydrogens is 227 g/mol. The number of nitrogens with zero attached hydrogens (tertiary/aromatic N) is 1. The van der Waals surface area contributed by atoms with E-state index in [4.69, 9.17) is 0 Å². The van der Waals surface area contributed by atoms with Crippen LogP contribution in [0.1, 0.15) is 47.0 Å². The molecule has 1 heterocycles. The van der Waals surface area contributed by atoms with Crippen molar-refractivity contribution < 1.29 is 4.39 Å². The molecule has 4 unspecified atom stereocenters. The van der Waals surface area contributed by atoms with E-state index in [1.165, 1.54) is 12.8 Å². The molecule has 0 saturated carbocycles. The highest BCUT2D eigenvalue weighted by Crippen LogP contribution is 2.21. The molecule has 2 nitrogen and oxygen atoms in total. The quantitative estimate of drug-likeness (QED) is 0.755. The van der Waals surface area contributed by atoms with Gasteiger partial charge in [-0.05, 0) is 18.3 Å². The van der Waals surface area contributed by atoms with Gasteiger partial charge in [-0.3, -0.25) is 9.29 Å². The third kappa shape index (κ3) is 4.20. The Balaban J connectivity index is 2.60. The average Bonchev–Trinajstić information content (AvgIpc) is 2.42. The van der Waals surface area contributed by atoms with E-state index in [-0.39, 0.29) is 6.67 Å². The highest BCUT2D eigenvalue weighted by molar-refractivity contribution is 4.90. The lowest BCUT2D eigenvalue weighted by Crippen LogP contribution is -2.60. The Morgan fingerprint density at radius 2 is 1.89 bits per heavy atom. The van der Waals surface area contributed by atoms with Gasteiger partial charge in [0, 0.05) is 31.7 Å². The molecule has 108 valence electrons. The van der Waals surface area contributed by atoms with E-state index < -0.39 is 0 Å². The first-order valence-electron chi connectivity index (χ1n) is 7.67. The number of hydrogen-bond acceptors (Lipinski definition) is 2. The van der Waals surface area contributed by atoms with Gasteiger partial charge in [0.2, 0.25) is 0 Å². The zero-order valence-electron chi connectivity index (χ0n) is 12.6. The predicted octanol–water partition coefficient (Wildman–Crippen LogP) is 3.08.